The van der Waals surface area contributed by atoms with Crippen LogP contribution in [-0.4, -0.2) is 28.3 Å². The van der Waals surface area contributed by atoms with Crippen LogP contribution in [0.4, 0.5) is 16.2 Å². The van der Waals surface area contributed by atoms with Gasteiger partial charge in [-0.25, -0.2) is 10.3 Å². The highest BCUT2D eigenvalue weighted by atomic mass is 16.7. The van der Waals surface area contributed by atoms with Crippen LogP contribution in [0.1, 0.15) is 19.4 Å². The van der Waals surface area contributed by atoms with Gasteiger partial charge in [-0.15, -0.1) is 0 Å². The molecule has 1 aromatic carbocycles. The average Bonchev–Trinajstić information content (AvgIpc) is 2.39. The molecule has 0 radical (unpaired) electrons. The number of aliphatic hydroxyl groups excluding tert-OH is 1. The lowest BCUT2D eigenvalue weighted by Gasteiger charge is -2.21. The van der Waals surface area contributed by atoms with Crippen molar-refractivity contribution in [3.8, 4) is 0 Å². The highest BCUT2D eigenvalue weighted by molar-refractivity contribution is 5.90. The van der Waals surface area contributed by atoms with Crippen molar-refractivity contribution in [3.63, 3.8) is 0 Å². The van der Waals surface area contributed by atoms with Crippen molar-refractivity contribution >= 4 is 17.4 Å². The standard InChI is InChI=1S/C12H17N3O5/c1-8-9(5-4-6-10(8)15(18)19)13-11(17)14-20-12(2,3)7-16/h4-6,16H,7H2,1-3H3,(H2,13,14,17). The quantitative estimate of drug-likeness (QED) is 0.562. The minimum absolute atomic E-state index is 0.0839. The molecule has 0 aliphatic heterocycles. The Hall–Kier alpha value is -2.19. The molecule has 20 heavy (non-hydrogen) atoms. The number of amides is 2. The minimum Gasteiger partial charge on any atom is -0.393 e. The number of nitrogens with zero attached hydrogens (tertiary/aromatic N) is 1. The SMILES string of the molecule is Cc1c(NC(=O)NOC(C)(C)CO)cccc1[N+](=O)[O-]. The van der Waals surface area contributed by atoms with Gasteiger partial charge in [0.05, 0.1) is 22.8 Å². The van der Waals surface area contributed by atoms with E-state index in [9.17, 15) is 14.9 Å². The van der Waals surface area contributed by atoms with Crippen molar-refractivity contribution in [3.05, 3.63) is 33.9 Å². The second-order valence-electron chi connectivity index (χ2n) is 4.78. The number of anilines is 1. The summed E-state index contributed by atoms with van der Waals surface area (Å²) < 4.78 is 0. The third kappa shape index (κ3) is 4.18. The smallest absolute Gasteiger partial charge is 0.343 e. The van der Waals surface area contributed by atoms with Crippen LogP contribution < -0.4 is 10.8 Å². The average molecular weight is 283 g/mol. The first kappa shape index (κ1) is 15.9. The molecule has 110 valence electrons. The van der Waals surface area contributed by atoms with Crippen molar-refractivity contribution in [1.82, 2.24) is 5.48 Å². The zero-order chi connectivity index (χ0) is 15.3. The van der Waals surface area contributed by atoms with Gasteiger partial charge in [-0.05, 0) is 26.8 Å². The molecule has 1 aromatic rings. The van der Waals surface area contributed by atoms with E-state index in [-0.39, 0.29) is 12.3 Å². The second kappa shape index (κ2) is 6.31. The number of rotatable bonds is 5. The van der Waals surface area contributed by atoms with Gasteiger partial charge in [0.1, 0.15) is 5.60 Å². The van der Waals surface area contributed by atoms with Gasteiger partial charge in [0.25, 0.3) is 5.69 Å². The van der Waals surface area contributed by atoms with Gasteiger partial charge in [-0.1, -0.05) is 6.07 Å². The Morgan fingerprint density at radius 3 is 2.70 bits per heavy atom. The summed E-state index contributed by atoms with van der Waals surface area (Å²) in [4.78, 5) is 26.9. The van der Waals surface area contributed by atoms with E-state index >= 15 is 0 Å². The Labute approximate surface area is 115 Å². The summed E-state index contributed by atoms with van der Waals surface area (Å²) >= 11 is 0. The molecule has 0 aliphatic carbocycles. The molecule has 0 atom stereocenters. The third-order valence-corrected chi connectivity index (χ3v) is 2.55. The highest BCUT2D eigenvalue weighted by Gasteiger charge is 2.20. The lowest BCUT2D eigenvalue weighted by atomic mass is 10.1. The monoisotopic (exact) mass is 283 g/mol. The number of hydrogen-bond donors (Lipinski definition) is 3. The fraction of sp³-hybridized carbons (Fsp3) is 0.417. The molecule has 3 N–H and O–H groups in total. The normalized spacial score (nSPS) is 11.0. The summed E-state index contributed by atoms with van der Waals surface area (Å²) in [6, 6.07) is 3.68. The molecule has 0 unspecified atom stereocenters. The van der Waals surface area contributed by atoms with Gasteiger partial charge >= 0.3 is 6.03 Å². The number of hydroxylamine groups is 1. The maximum Gasteiger partial charge on any atom is 0.343 e. The number of hydrogen-bond acceptors (Lipinski definition) is 5. The Morgan fingerprint density at radius 2 is 2.15 bits per heavy atom. The molecule has 0 fully saturated rings. The molecular weight excluding hydrogens is 266 g/mol. The fourth-order valence-corrected chi connectivity index (χ4v) is 1.32. The third-order valence-electron chi connectivity index (χ3n) is 2.55. The lowest BCUT2D eigenvalue weighted by Crippen LogP contribution is -2.40. The number of carbonyl (C=O) groups excluding carboxylic acids is 1. The predicted octanol–water partition coefficient (Wildman–Crippen LogP) is 1.73. The summed E-state index contributed by atoms with van der Waals surface area (Å²) in [5.74, 6) is 0. The van der Waals surface area contributed by atoms with E-state index in [1.165, 1.54) is 19.1 Å². The van der Waals surface area contributed by atoms with Gasteiger partial charge in [0.2, 0.25) is 0 Å². The maximum atomic E-state index is 11.6. The number of nitro groups is 1. The molecule has 0 spiro atoms. The van der Waals surface area contributed by atoms with Crippen LogP contribution >= 0.6 is 0 Å². The Morgan fingerprint density at radius 1 is 1.50 bits per heavy atom. The number of carbonyl (C=O) groups is 1. The van der Waals surface area contributed by atoms with E-state index in [1.54, 1.807) is 19.9 Å². The molecule has 8 heteroatoms. The van der Waals surface area contributed by atoms with Crippen LogP contribution in [0.2, 0.25) is 0 Å². The molecule has 0 aromatic heterocycles. The van der Waals surface area contributed by atoms with Crippen LogP contribution in [0.25, 0.3) is 0 Å². The first-order valence-corrected chi connectivity index (χ1v) is 5.86. The van der Waals surface area contributed by atoms with E-state index in [0.29, 0.717) is 11.3 Å². The van der Waals surface area contributed by atoms with Gasteiger partial charge in [-0.2, -0.15) is 0 Å². The molecule has 0 heterocycles. The maximum absolute atomic E-state index is 11.6. The zero-order valence-corrected chi connectivity index (χ0v) is 11.5. The van der Waals surface area contributed by atoms with E-state index in [0.717, 1.165) is 0 Å². The number of nitro benzene ring substituents is 1. The molecule has 8 nitrogen and oxygen atoms in total. The van der Waals surface area contributed by atoms with Crippen LogP contribution in [0.15, 0.2) is 18.2 Å². The van der Waals surface area contributed by atoms with Crippen molar-refractivity contribution in [1.29, 1.82) is 0 Å². The van der Waals surface area contributed by atoms with Crippen molar-refractivity contribution in [2.45, 2.75) is 26.4 Å². The molecule has 0 bridgehead atoms. The van der Waals surface area contributed by atoms with Crippen LogP contribution in [0, 0.1) is 17.0 Å². The first-order chi connectivity index (χ1) is 9.26. The highest BCUT2D eigenvalue weighted by Crippen LogP contribution is 2.24. The van der Waals surface area contributed by atoms with Crippen LogP contribution in [0.3, 0.4) is 0 Å². The van der Waals surface area contributed by atoms with Crippen molar-refractivity contribution < 1.29 is 19.7 Å². The van der Waals surface area contributed by atoms with Gasteiger partial charge in [0.15, 0.2) is 0 Å². The van der Waals surface area contributed by atoms with E-state index < -0.39 is 16.6 Å². The van der Waals surface area contributed by atoms with E-state index in [2.05, 4.69) is 10.8 Å². The Balaban J connectivity index is 2.72. The van der Waals surface area contributed by atoms with Crippen LogP contribution in [-0.2, 0) is 4.84 Å². The van der Waals surface area contributed by atoms with Crippen LogP contribution in [0.5, 0.6) is 0 Å². The van der Waals surface area contributed by atoms with E-state index in [1.807, 2.05) is 0 Å². The summed E-state index contributed by atoms with van der Waals surface area (Å²) in [7, 11) is 0. The zero-order valence-electron chi connectivity index (χ0n) is 11.5. The summed E-state index contributed by atoms with van der Waals surface area (Å²) in [5, 5.41) is 22.2. The molecule has 0 aliphatic rings. The number of urea groups is 1. The summed E-state index contributed by atoms with van der Waals surface area (Å²) in [6.07, 6.45) is 0. The Bertz CT molecular complexity index is 516. The summed E-state index contributed by atoms with van der Waals surface area (Å²) in [6.45, 7) is 4.44. The minimum atomic E-state index is -0.922. The largest absolute Gasteiger partial charge is 0.393 e. The number of aliphatic hydroxyl groups is 1. The van der Waals surface area contributed by atoms with Gasteiger partial charge in [0, 0.05) is 6.07 Å². The van der Waals surface area contributed by atoms with Gasteiger partial charge < -0.3 is 10.4 Å². The van der Waals surface area contributed by atoms with Gasteiger partial charge in [-0.3, -0.25) is 15.0 Å². The molecule has 2 amide bonds. The molecule has 1 rings (SSSR count). The van der Waals surface area contributed by atoms with Crippen molar-refractivity contribution in [2.24, 2.45) is 0 Å². The van der Waals surface area contributed by atoms with E-state index in [4.69, 9.17) is 9.94 Å². The molecule has 0 saturated heterocycles. The topological polar surface area (TPSA) is 114 Å². The number of benzene rings is 1. The number of nitrogens with one attached hydrogen (secondary N) is 2. The Kier molecular flexibility index (Phi) is 5.00. The van der Waals surface area contributed by atoms with Crippen molar-refractivity contribution in [2.75, 3.05) is 11.9 Å². The fourth-order valence-electron chi connectivity index (χ4n) is 1.32. The molecular formula is C12H17N3O5. The molecule has 0 saturated carbocycles. The predicted molar refractivity (Wildman–Crippen MR) is 72.2 cm³/mol. The summed E-state index contributed by atoms with van der Waals surface area (Å²) in [5.41, 5.74) is 1.76. The first-order valence-electron chi connectivity index (χ1n) is 5.86. The second-order valence-corrected chi connectivity index (χ2v) is 4.78. The lowest BCUT2D eigenvalue weighted by molar-refractivity contribution is -0.385.